The molecule has 2 rings (SSSR count). The van der Waals surface area contributed by atoms with Crippen LogP contribution in [-0.4, -0.2) is 34.6 Å². The average Bonchev–Trinajstić information content (AvgIpc) is 2.35. The Morgan fingerprint density at radius 3 is 2.37 bits per heavy atom. The molecule has 0 aliphatic carbocycles. The molecule has 1 fully saturated rings. The lowest BCUT2D eigenvalue weighted by molar-refractivity contribution is -0.00216. The second kappa shape index (κ2) is 4.85. The Morgan fingerprint density at radius 1 is 1.21 bits per heavy atom. The first-order valence-corrected chi connectivity index (χ1v) is 5.97. The van der Waals surface area contributed by atoms with E-state index >= 15 is 0 Å². The van der Waals surface area contributed by atoms with E-state index in [0.29, 0.717) is 12.8 Å². The van der Waals surface area contributed by atoms with Gasteiger partial charge in [-0.15, -0.1) is 0 Å². The molecule has 0 saturated carbocycles. The molecule has 0 unspecified atom stereocenters. The van der Waals surface area contributed by atoms with Crippen LogP contribution in [-0.2, 0) is 0 Å². The SMILES string of the molecule is CC1(O)CCN(C(=O)c2ccc(F)c(F)c2F)CC1. The number of carbonyl (C=O) groups excluding carboxylic acids is 1. The lowest BCUT2D eigenvalue weighted by Crippen LogP contribution is -2.45. The van der Waals surface area contributed by atoms with Gasteiger partial charge >= 0.3 is 0 Å². The Balaban J connectivity index is 2.20. The molecule has 1 aliphatic rings. The van der Waals surface area contributed by atoms with Crippen LogP contribution in [0, 0.1) is 17.5 Å². The minimum Gasteiger partial charge on any atom is -0.390 e. The normalized spacial score (nSPS) is 18.5. The van der Waals surface area contributed by atoms with E-state index in [-0.39, 0.29) is 13.1 Å². The molecule has 3 nitrogen and oxygen atoms in total. The van der Waals surface area contributed by atoms with Gasteiger partial charge in [-0.05, 0) is 31.9 Å². The van der Waals surface area contributed by atoms with Crippen LogP contribution in [0.25, 0.3) is 0 Å². The van der Waals surface area contributed by atoms with E-state index in [2.05, 4.69) is 0 Å². The predicted molar refractivity (Wildman–Crippen MR) is 62.1 cm³/mol. The van der Waals surface area contributed by atoms with Crippen molar-refractivity contribution < 1.29 is 23.1 Å². The van der Waals surface area contributed by atoms with Crippen LogP contribution >= 0.6 is 0 Å². The van der Waals surface area contributed by atoms with Crippen molar-refractivity contribution >= 4 is 5.91 Å². The lowest BCUT2D eigenvalue weighted by atomic mass is 9.93. The zero-order valence-corrected chi connectivity index (χ0v) is 10.4. The highest BCUT2D eigenvalue weighted by Crippen LogP contribution is 2.24. The number of amides is 1. The summed E-state index contributed by atoms with van der Waals surface area (Å²) in [7, 11) is 0. The minimum absolute atomic E-state index is 0.254. The molecule has 1 aromatic carbocycles. The maximum Gasteiger partial charge on any atom is 0.256 e. The first kappa shape index (κ1) is 13.9. The molecule has 0 atom stereocenters. The Labute approximate surface area is 108 Å². The van der Waals surface area contributed by atoms with Crippen molar-refractivity contribution in [1.82, 2.24) is 4.90 Å². The van der Waals surface area contributed by atoms with Crippen molar-refractivity contribution in [2.75, 3.05) is 13.1 Å². The largest absolute Gasteiger partial charge is 0.390 e. The maximum absolute atomic E-state index is 13.5. The molecule has 0 bridgehead atoms. The molecular formula is C13H14F3NO2. The number of rotatable bonds is 1. The summed E-state index contributed by atoms with van der Waals surface area (Å²) < 4.78 is 39.4. The van der Waals surface area contributed by atoms with E-state index in [0.717, 1.165) is 12.1 Å². The van der Waals surface area contributed by atoms with Crippen LogP contribution in [0.3, 0.4) is 0 Å². The van der Waals surface area contributed by atoms with Gasteiger partial charge < -0.3 is 10.0 Å². The average molecular weight is 273 g/mol. The number of carbonyl (C=O) groups is 1. The van der Waals surface area contributed by atoms with Crippen molar-refractivity contribution in [3.05, 3.63) is 35.1 Å². The molecule has 0 radical (unpaired) electrons. The third kappa shape index (κ3) is 2.73. The van der Waals surface area contributed by atoms with Crippen LogP contribution < -0.4 is 0 Å². The zero-order chi connectivity index (χ0) is 14.2. The fourth-order valence-corrected chi connectivity index (χ4v) is 2.05. The summed E-state index contributed by atoms with van der Waals surface area (Å²) >= 11 is 0. The van der Waals surface area contributed by atoms with Gasteiger partial charge in [-0.3, -0.25) is 4.79 Å². The molecule has 1 saturated heterocycles. The first-order chi connectivity index (χ1) is 8.82. The molecule has 104 valence electrons. The fourth-order valence-electron chi connectivity index (χ4n) is 2.05. The summed E-state index contributed by atoms with van der Waals surface area (Å²) in [5.41, 5.74) is -1.33. The summed E-state index contributed by atoms with van der Waals surface area (Å²) in [4.78, 5) is 13.3. The quantitative estimate of drug-likeness (QED) is 0.796. The highest BCUT2D eigenvalue weighted by molar-refractivity contribution is 5.94. The number of aliphatic hydroxyl groups is 1. The van der Waals surface area contributed by atoms with Gasteiger partial charge in [0.2, 0.25) is 0 Å². The first-order valence-electron chi connectivity index (χ1n) is 5.97. The monoisotopic (exact) mass is 273 g/mol. The van der Waals surface area contributed by atoms with Crippen LogP contribution in [0.2, 0.25) is 0 Å². The Morgan fingerprint density at radius 2 is 1.79 bits per heavy atom. The number of piperidine rings is 1. The molecular weight excluding hydrogens is 259 g/mol. The molecule has 1 heterocycles. The van der Waals surface area contributed by atoms with Crippen molar-refractivity contribution in [3.63, 3.8) is 0 Å². The maximum atomic E-state index is 13.5. The highest BCUT2D eigenvalue weighted by Gasteiger charge is 2.31. The van der Waals surface area contributed by atoms with Gasteiger partial charge in [0, 0.05) is 13.1 Å². The molecule has 1 amide bonds. The van der Waals surface area contributed by atoms with E-state index in [1.165, 1.54) is 4.90 Å². The van der Waals surface area contributed by atoms with E-state index in [1.54, 1.807) is 6.92 Å². The number of likely N-dealkylation sites (tertiary alicyclic amines) is 1. The summed E-state index contributed by atoms with van der Waals surface area (Å²) in [5, 5.41) is 9.76. The molecule has 1 N–H and O–H groups in total. The zero-order valence-electron chi connectivity index (χ0n) is 10.4. The van der Waals surface area contributed by atoms with Gasteiger partial charge in [-0.1, -0.05) is 0 Å². The number of hydrogen-bond acceptors (Lipinski definition) is 2. The van der Waals surface area contributed by atoms with Crippen molar-refractivity contribution in [1.29, 1.82) is 0 Å². The van der Waals surface area contributed by atoms with E-state index < -0.39 is 34.5 Å². The van der Waals surface area contributed by atoms with Gasteiger partial charge in [-0.2, -0.15) is 0 Å². The minimum atomic E-state index is -1.64. The van der Waals surface area contributed by atoms with E-state index in [9.17, 15) is 23.1 Å². The van der Waals surface area contributed by atoms with Crippen LogP contribution in [0.5, 0.6) is 0 Å². The van der Waals surface area contributed by atoms with Crippen molar-refractivity contribution in [3.8, 4) is 0 Å². The molecule has 6 heteroatoms. The molecule has 19 heavy (non-hydrogen) atoms. The van der Waals surface area contributed by atoms with Gasteiger partial charge in [-0.25, -0.2) is 13.2 Å². The van der Waals surface area contributed by atoms with Crippen LogP contribution in [0.15, 0.2) is 12.1 Å². The summed E-state index contributed by atoms with van der Waals surface area (Å²) in [6.45, 7) is 2.17. The van der Waals surface area contributed by atoms with Crippen LogP contribution in [0.1, 0.15) is 30.1 Å². The van der Waals surface area contributed by atoms with Crippen molar-refractivity contribution in [2.24, 2.45) is 0 Å². The van der Waals surface area contributed by atoms with Gasteiger partial charge in [0.25, 0.3) is 5.91 Å². The van der Waals surface area contributed by atoms with Crippen LogP contribution in [0.4, 0.5) is 13.2 Å². The fraction of sp³-hybridized carbons (Fsp3) is 0.462. The third-order valence-electron chi connectivity index (χ3n) is 3.39. The van der Waals surface area contributed by atoms with Gasteiger partial charge in [0.15, 0.2) is 17.5 Å². The Bertz CT molecular complexity index is 507. The molecule has 1 aliphatic heterocycles. The molecule has 1 aromatic rings. The standard InChI is InChI=1S/C13H14F3NO2/c1-13(19)4-6-17(7-5-13)12(18)8-2-3-9(14)11(16)10(8)15/h2-3,19H,4-7H2,1H3. The Hall–Kier alpha value is -1.56. The Kier molecular flexibility index (Phi) is 3.54. The van der Waals surface area contributed by atoms with Gasteiger partial charge in [0.05, 0.1) is 11.2 Å². The summed E-state index contributed by atoms with van der Waals surface area (Å²) in [6, 6.07) is 1.66. The lowest BCUT2D eigenvalue weighted by Gasteiger charge is -2.35. The molecule has 0 aromatic heterocycles. The smallest absolute Gasteiger partial charge is 0.256 e. The highest BCUT2D eigenvalue weighted by atomic mass is 19.2. The molecule has 0 spiro atoms. The van der Waals surface area contributed by atoms with E-state index in [4.69, 9.17) is 0 Å². The number of nitrogens with zero attached hydrogens (tertiary/aromatic N) is 1. The number of benzene rings is 1. The summed E-state index contributed by atoms with van der Waals surface area (Å²) in [5.74, 6) is -5.13. The number of hydrogen-bond donors (Lipinski definition) is 1. The topological polar surface area (TPSA) is 40.5 Å². The second-order valence-electron chi connectivity index (χ2n) is 5.01. The van der Waals surface area contributed by atoms with Gasteiger partial charge in [0.1, 0.15) is 0 Å². The third-order valence-corrected chi connectivity index (χ3v) is 3.39. The second-order valence-corrected chi connectivity index (χ2v) is 5.01. The predicted octanol–water partition coefficient (Wildman–Crippen LogP) is 2.09. The summed E-state index contributed by atoms with van der Waals surface area (Å²) in [6.07, 6.45) is 0.730. The van der Waals surface area contributed by atoms with E-state index in [1.807, 2.05) is 0 Å². The van der Waals surface area contributed by atoms with Crippen molar-refractivity contribution in [2.45, 2.75) is 25.4 Å². The number of halogens is 3.